The lowest BCUT2D eigenvalue weighted by Gasteiger charge is -2.25. The summed E-state index contributed by atoms with van der Waals surface area (Å²) in [5.74, 6) is -0.413. The number of allylic oxidation sites excluding steroid dienone is 1. The average Bonchev–Trinajstić information content (AvgIpc) is 3.61. The van der Waals surface area contributed by atoms with E-state index < -0.39 is 17.5 Å². The van der Waals surface area contributed by atoms with E-state index >= 15 is 0 Å². The average molecular weight is 738 g/mol. The van der Waals surface area contributed by atoms with E-state index in [4.69, 9.17) is 10.5 Å². The third-order valence-corrected chi connectivity index (χ3v) is 10.1. The fourth-order valence-corrected chi connectivity index (χ4v) is 6.85. The molecule has 12 heteroatoms. The second-order valence-corrected chi connectivity index (χ2v) is 13.9. The lowest BCUT2D eigenvalue weighted by Crippen LogP contribution is -2.54. The number of carbonyl (C=O) groups excluding carboxylic acids is 4. The van der Waals surface area contributed by atoms with Crippen molar-refractivity contribution >= 4 is 52.8 Å². The topological polar surface area (TPSA) is 164 Å². The van der Waals surface area contributed by atoms with Gasteiger partial charge in [-0.1, -0.05) is 61.0 Å². The Hall–Kier alpha value is -5.36. The summed E-state index contributed by atoms with van der Waals surface area (Å²) in [4.78, 5) is 66.3. The van der Waals surface area contributed by atoms with Crippen molar-refractivity contribution in [3.05, 3.63) is 101 Å². The van der Waals surface area contributed by atoms with E-state index in [-0.39, 0.29) is 29.1 Å². The van der Waals surface area contributed by atoms with Crippen LogP contribution in [0.3, 0.4) is 0 Å². The van der Waals surface area contributed by atoms with Gasteiger partial charge in [0, 0.05) is 53.9 Å². The molecule has 4 aromatic rings. The number of H-pyrrole nitrogens is 1. The number of pyridine rings is 1. The number of aromatic amines is 1. The maximum atomic E-state index is 12.7. The molecular weight excluding hydrogens is 691 g/mol. The van der Waals surface area contributed by atoms with E-state index in [1.807, 2.05) is 72.8 Å². The third-order valence-electron chi connectivity index (χ3n) is 9.70. The molecule has 2 fully saturated rings. The van der Waals surface area contributed by atoms with Crippen LogP contribution in [0.1, 0.15) is 58.3 Å². The minimum absolute atomic E-state index is 0.00950. The number of primary amides is 1. The molecule has 278 valence electrons. The Kier molecular flexibility index (Phi) is 13.1. The Morgan fingerprint density at radius 1 is 1.02 bits per heavy atom. The van der Waals surface area contributed by atoms with Gasteiger partial charge in [0.1, 0.15) is 17.3 Å². The van der Waals surface area contributed by atoms with E-state index in [1.165, 1.54) is 6.92 Å². The summed E-state index contributed by atoms with van der Waals surface area (Å²) in [6, 6.07) is 23.7. The number of carbonyl (C=O) groups is 4. The first kappa shape index (κ1) is 38.9. The van der Waals surface area contributed by atoms with E-state index in [0.29, 0.717) is 31.2 Å². The zero-order valence-corrected chi connectivity index (χ0v) is 31.0. The van der Waals surface area contributed by atoms with Crippen LogP contribution in [0.15, 0.2) is 101 Å². The molecular formula is C41H47N5O6S. The van der Waals surface area contributed by atoms with Gasteiger partial charge in [-0.15, -0.1) is 12.6 Å². The molecule has 1 saturated carbocycles. The number of methoxy groups -OCH3 is 1. The van der Waals surface area contributed by atoms with Gasteiger partial charge in [-0.25, -0.2) is 0 Å². The van der Waals surface area contributed by atoms with Gasteiger partial charge in [-0.3, -0.25) is 24.0 Å². The monoisotopic (exact) mass is 737 g/mol. The molecule has 0 bridgehead atoms. The van der Waals surface area contributed by atoms with Crippen LogP contribution >= 0.6 is 12.6 Å². The Bertz CT molecular complexity index is 2030. The smallest absolute Gasteiger partial charge is 0.243 e. The molecule has 3 atom stereocenters. The van der Waals surface area contributed by atoms with E-state index in [9.17, 15) is 24.0 Å². The SMILES string of the molecule is CC(=O)N1CCCC1C(=O)NC1(C(N)=O)CC1/C=C/CCCCCC(=O)Nc1ccccc1S.COc1ccc2c(=O)cc(-c3ccccc3)[nH]c2c1. The van der Waals surface area contributed by atoms with Crippen LogP contribution in [0.4, 0.5) is 5.69 Å². The number of nitrogens with zero attached hydrogens (tertiary/aromatic N) is 1. The number of rotatable bonds is 13. The van der Waals surface area contributed by atoms with Crippen molar-refractivity contribution in [1.82, 2.24) is 15.2 Å². The van der Waals surface area contributed by atoms with Gasteiger partial charge in [-0.05, 0) is 68.4 Å². The molecule has 5 N–H and O–H groups in total. The van der Waals surface area contributed by atoms with Crippen molar-refractivity contribution in [2.75, 3.05) is 19.0 Å². The fourth-order valence-electron chi connectivity index (χ4n) is 6.64. The quantitative estimate of drug-likeness (QED) is 0.0643. The number of benzene rings is 3. The number of nitrogens with two attached hydrogens (primary N) is 1. The summed E-state index contributed by atoms with van der Waals surface area (Å²) in [5, 5.41) is 6.37. The van der Waals surface area contributed by atoms with Crippen LogP contribution in [0.5, 0.6) is 5.75 Å². The van der Waals surface area contributed by atoms with Crippen LogP contribution in [0, 0.1) is 5.92 Å². The van der Waals surface area contributed by atoms with Gasteiger partial charge < -0.3 is 31.0 Å². The molecule has 2 aliphatic rings. The highest BCUT2D eigenvalue weighted by Gasteiger charge is 2.59. The first-order chi connectivity index (χ1) is 25.5. The molecule has 53 heavy (non-hydrogen) atoms. The van der Waals surface area contributed by atoms with Crippen molar-refractivity contribution < 1.29 is 23.9 Å². The number of para-hydroxylation sites is 1. The van der Waals surface area contributed by atoms with Crippen molar-refractivity contribution in [3.8, 4) is 17.0 Å². The maximum absolute atomic E-state index is 12.7. The summed E-state index contributed by atoms with van der Waals surface area (Å²) in [6.45, 7) is 2.01. The molecule has 6 rings (SSSR count). The minimum atomic E-state index is -1.06. The molecule has 3 unspecified atom stereocenters. The molecule has 11 nitrogen and oxygen atoms in total. The second-order valence-electron chi connectivity index (χ2n) is 13.4. The second kappa shape index (κ2) is 17.9. The largest absolute Gasteiger partial charge is 0.497 e. The van der Waals surface area contributed by atoms with E-state index in [2.05, 4.69) is 28.2 Å². The van der Waals surface area contributed by atoms with Crippen molar-refractivity contribution in [2.24, 2.45) is 11.7 Å². The summed E-state index contributed by atoms with van der Waals surface area (Å²) in [6.07, 6.45) is 9.68. The van der Waals surface area contributed by atoms with Crippen molar-refractivity contribution in [3.63, 3.8) is 0 Å². The van der Waals surface area contributed by atoms with E-state index in [1.54, 1.807) is 30.2 Å². The molecule has 0 spiro atoms. The van der Waals surface area contributed by atoms with Crippen LogP contribution in [-0.4, -0.2) is 58.7 Å². The number of hydrogen-bond donors (Lipinski definition) is 5. The number of thiol groups is 1. The zero-order chi connectivity index (χ0) is 38.0. The predicted molar refractivity (Wildman–Crippen MR) is 210 cm³/mol. The van der Waals surface area contributed by atoms with E-state index in [0.717, 1.165) is 65.2 Å². The number of nitrogens with one attached hydrogen (secondary N) is 3. The standard InChI is InChI=1S/C25H34N4O4S.C16H13NO2/c1-17(30)29-15-9-12-20(29)23(32)28-25(24(26)33)16-18(25)10-5-3-2-4-6-14-22(31)27-19-11-7-8-13-21(19)34;1-19-12-7-8-13-15(9-12)17-14(10-16(13)18)11-5-3-2-4-6-11/h5,7-8,10-11,13,18,20,34H,2-4,6,9,12,14-16H2,1H3,(H2,26,33)(H,27,31)(H,28,32);2-10H,1H3,(H,17,18)/b10-5+;. The molecule has 1 aromatic heterocycles. The van der Waals surface area contributed by atoms with Gasteiger partial charge in [0.25, 0.3) is 0 Å². The van der Waals surface area contributed by atoms with Crippen LogP contribution in [-0.2, 0) is 19.2 Å². The Labute approximate surface area is 314 Å². The molecule has 2 heterocycles. The first-order valence-electron chi connectivity index (χ1n) is 17.9. The number of amides is 4. The predicted octanol–water partition coefficient (Wildman–Crippen LogP) is 6.00. The lowest BCUT2D eigenvalue weighted by atomic mass is 10.1. The van der Waals surface area contributed by atoms with Crippen molar-refractivity contribution in [1.29, 1.82) is 0 Å². The highest BCUT2D eigenvalue weighted by molar-refractivity contribution is 7.80. The van der Waals surface area contributed by atoms with Crippen LogP contribution < -0.4 is 26.5 Å². The Morgan fingerprint density at radius 3 is 2.49 bits per heavy atom. The zero-order valence-electron chi connectivity index (χ0n) is 30.1. The van der Waals surface area contributed by atoms with Gasteiger partial charge >= 0.3 is 0 Å². The molecule has 4 amide bonds. The molecule has 0 radical (unpaired) electrons. The third kappa shape index (κ3) is 9.95. The molecule has 1 saturated heterocycles. The van der Waals surface area contributed by atoms with Gasteiger partial charge in [0.05, 0.1) is 18.3 Å². The summed E-state index contributed by atoms with van der Waals surface area (Å²) in [5.41, 5.74) is 7.87. The number of fused-ring (bicyclic) bond motifs is 1. The Morgan fingerprint density at radius 2 is 1.77 bits per heavy atom. The van der Waals surface area contributed by atoms with Gasteiger partial charge in [-0.2, -0.15) is 0 Å². The fraction of sp³-hybridized carbons (Fsp3) is 0.341. The number of ether oxygens (including phenoxy) is 1. The highest BCUT2D eigenvalue weighted by atomic mass is 32.1. The number of aromatic nitrogens is 1. The number of anilines is 1. The molecule has 3 aromatic carbocycles. The lowest BCUT2D eigenvalue weighted by molar-refractivity contribution is -0.138. The normalized spacial score (nSPS) is 19.0. The summed E-state index contributed by atoms with van der Waals surface area (Å²) >= 11 is 4.33. The minimum Gasteiger partial charge on any atom is -0.497 e. The van der Waals surface area contributed by atoms with Gasteiger partial charge in [0.15, 0.2) is 5.43 Å². The summed E-state index contributed by atoms with van der Waals surface area (Å²) < 4.78 is 5.19. The number of hydrogen-bond acceptors (Lipinski definition) is 7. The Balaban J connectivity index is 0.000000239. The van der Waals surface area contributed by atoms with Crippen molar-refractivity contribution in [2.45, 2.75) is 74.8 Å². The molecule has 1 aliphatic carbocycles. The van der Waals surface area contributed by atoms with Crippen LogP contribution in [0.25, 0.3) is 22.2 Å². The van der Waals surface area contributed by atoms with Crippen LogP contribution in [0.2, 0.25) is 0 Å². The highest BCUT2D eigenvalue weighted by Crippen LogP contribution is 2.45. The molecule has 1 aliphatic heterocycles. The first-order valence-corrected chi connectivity index (χ1v) is 18.4. The maximum Gasteiger partial charge on any atom is 0.243 e. The summed E-state index contributed by atoms with van der Waals surface area (Å²) in [7, 11) is 1.61. The van der Waals surface area contributed by atoms with Gasteiger partial charge in [0.2, 0.25) is 23.6 Å². The number of likely N-dealkylation sites (tertiary alicyclic amines) is 1. The number of unbranched alkanes of at least 4 members (excludes halogenated alkanes) is 3.